The summed E-state index contributed by atoms with van der Waals surface area (Å²) in [6.07, 6.45) is 3.51. The minimum atomic E-state index is -3.26. The van der Waals surface area contributed by atoms with Crippen molar-refractivity contribution in [3.05, 3.63) is 35.9 Å². The summed E-state index contributed by atoms with van der Waals surface area (Å²) in [5.74, 6) is 0.814. The number of hydrogen-bond acceptors (Lipinski definition) is 3. The van der Waals surface area contributed by atoms with Crippen molar-refractivity contribution >= 4 is 10.0 Å². The van der Waals surface area contributed by atoms with E-state index in [-0.39, 0.29) is 18.4 Å². The molecule has 1 aliphatic carbocycles. The Balaban J connectivity index is 2.10. The summed E-state index contributed by atoms with van der Waals surface area (Å²) in [6.45, 7) is -0.0257. The maximum Gasteiger partial charge on any atom is 0.214 e. The molecule has 1 fully saturated rings. The molecule has 1 saturated carbocycles. The molecule has 0 bridgehead atoms. The second-order valence-electron chi connectivity index (χ2n) is 5.50. The molecule has 2 rings (SSSR count). The van der Waals surface area contributed by atoms with Crippen LogP contribution in [0.1, 0.15) is 37.3 Å². The Morgan fingerprint density at radius 1 is 1.30 bits per heavy atom. The van der Waals surface area contributed by atoms with Gasteiger partial charge in [0.25, 0.3) is 0 Å². The van der Waals surface area contributed by atoms with Crippen LogP contribution in [0, 0.1) is 5.92 Å². The quantitative estimate of drug-likeness (QED) is 0.800. The molecule has 1 atom stereocenters. The fraction of sp³-hybridized carbons (Fsp3) is 0.600. The lowest BCUT2D eigenvalue weighted by molar-refractivity contribution is 0.240. The highest BCUT2D eigenvalue weighted by molar-refractivity contribution is 7.89. The number of aliphatic hydroxyl groups excluding tert-OH is 1. The van der Waals surface area contributed by atoms with Gasteiger partial charge in [-0.15, -0.1) is 0 Å². The second kappa shape index (κ2) is 6.70. The van der Waals surface area contributed by atoms with Crippen LogP contribution >= 0.6 is 0 Å². The molecule has 1 aromatic carbocycles. The Kier molecular flexibility index (Phi) is 5.18. The van der Waals surface area contributed by atoms with Crippen LogP contribution in [-0.2, 0) is 10.0 Å². The summed E-state index contributed by atoms with van der Waals surface area (Å²) in [6, 6.07) is 9.22. The smallest absolute Gasteiger partial charge is 0.214 e. The number of rotatable bonds is 8. The van der Waals surface area contributed by atoms with Crippen LogP contribution in [0.3, 0.4) is 0 Å². The Morgan fingerprint density at radius 2 is 1.95 bits per heavy atom. The van der Waals surface area contributed by atoms with Crippen molar-refractivity contribution < 1.29 is 13.5 Å². The van der Waals surface area contributed by atoms with Crippen molar-refractivity contribution in [2.75, 3.05) is 19.4 Å². The number of nitrogens with zero attached hydrogens (tertiary/aromatic N) is 1. The number of hydrogen-bond donors (Lipinski definition) is 1. The Hall–Kier alpha value is -0.910. The number of benzene rings is 1. The van der Waals surface area contributed by atoms with Gasteiger partial charge in [0.1, 0.15) is 0 Å². The summed E-state index contributed by atoms with van der Waals surface area (Å²) in [7, 11) is -1.64. The third-order valence-corrected chi connectivity index (χ3v) is 5.83. The van der Waals surface area contributed by atoms with Crippen LogP contribution in [0.2, 0.25) is 0 Å². The van der Waals surface area contributed by atoms with E-state index in [0.717, 1.165) is 24.8 Å². The van der Waals surface area contributed by atoms with E-state index in [9.17, 15) is 13.5 Å². The highest BCUT2D eigenvalue weighted by Gasteiger charge is 2.30. The summed E-state index contributed by atoms with van der Waals surface area (Å²) in [4.78, 5) is 0. The molecule has 0 amide bonds. The van der Waals surface area contributed by atoms with E-state index >= 15 is 0 Å². The molecular weight excluding hydrogens is 274 g/mol. The first-order valence-electron chi connectivity index (χ1n) is 7.16. The molecule has 0 spiro atoms. The Labute approximate surface area is 121 Å². The lowest BCUT2D eigenvalue weighted by Crippen LogP contribution is -2.33. The van der Waals surface area contributed by atoms with Crippen molar-refractivity contribution in [1.29, 1.82) is 0 Å². The molecule has 1 unspecified atom stereocenters. The molecule has 20 heavy (non-hydrogen) atoms. The molecule has 1 N–H and O–H groups in total. The van der Waals surface area contributed by atoms with Crippen LogP contribution in [-0.4, -0.2) is 37.2 Å². The lowest BCUT2D eigenvalue weighted by atomic mass is 10.0. The number of sulfonamides is 1. The van der Waals surface area contributed by atoms with Crippen molar-refractivity contribution in [2.24, 2.45) is 5.92 Å². The van der Waals surface area contributed by atoms with Gasteiger partial charge >= 0.3 is 0 Å². The lowest BCUT2D eigenvalue weighted by Gasteiger charge is -2.27. The van der Waals surface area contributed by atoms with E-state index in [1.807, 2.05) is 30.3 Å². The normalized spacial score (nSPS) is 17.4. The number of aliphatic hydroxyl groups is 1. The zero-order valence-corrected chi connectivity index (χ0v) is 12.7. The largest absolute Gasteiger partial charge is 0.396 e. The van der Waals surface area contributed by atoms with E-state index in [1.165, 1.54) is 4.31 Å². The predicted molar refractivity (Wildman–Crippen MR) is 79.8 cm³/mol. The molecule has 1 aromatic rings. The maximum absolute atomic E-state index is 12.4. The summed E-state index contributed by atoms with van der Waals surface area (Å²) >= 11 is 0. The molecule has 5 heteroatoms. The van der Waals surface area contributed by atoms with E-state index in [0.29, 0.717) is 12.3 Å². The van der Waals surface area contributed by atoms with Gasteiger partial charge in [-0.2, -0.15) is 4.31 Å². The second-order valence-corrected chi connectivity index (χ2v) is 7.65. The predicted octanol–water partition coefficient (Wildman–Crippen LogP) is 2.17. The first-order valence-corrected chi connectivity index (χ1v) is 8.77. The molecule has 0 aliphatic heterocycles. The molecule has 0 radical (unpaired) electrons. The van der Waals surface area contributed by atoms with Crippen LogP contribution < -0.4 is 0 Å². The zero-order chi connectivity index (χ0) is 14.6. The molecule has 0 aromatic heterocycles. The van der Waals surface area contributed by atoms with Gasteiger partial charge in [-0.1, -0.05) is 43.2 Å². The van der Waals surface area contributed by atoms with Gasteiger partial charge in [-0.3, -0.25) is 0 Å². The monoisotopic (exact) mass is 297 g/mol. The van der Waals surface area contributed by atoms with Crippen LogP contribution in [0.25, 0.3) is 0 Å². The SMILES string of the molecule is CN(C(CCO)c1ccccc1)S(=O)(=O)CCC1CC1. The first kappa shape index (κ1) is 15.5. The van der Waals surface area contributed by atoms with Gasteiger partial charge < -0.3 is 5.11 Å². The summed E-state index contributed by atoms with van der Waals surface area (Å²) in [5, 5.41) is 9.22. The first-order chi connectivity index (χ1) is 9.54. The Bertz CT molecular complexity index is 511. The zero-order valence-electron chi connectivity index (χ0n) is 11.9. The van der Waals surface area contributed by atoms with Gasteiger partial charge in [-0.05, 0) is 24.3 Å². The van der Waals surface area contributed by atoms with Gasteiger partial charge in [0.15, 0.2) is 0 Å². The molecule has 1 aliphatic rings. The van der Waals surface area contributed by atoms with Gasteiger partial charge in [0.05, 0.1) is 11.8 Å². The van der Waals surface area contributed by atoms with E-state index in [4.69, 9.17) is 0 Å². The average Bonchev–Trinajstić information content (AvgIpc) is 3.27. The van der Waals surface area contributed by atoms with Gasteiger partial charge in [0, 0.05) is 13.7 Å². The van der Waals surface area contributed by atoms with Crippen LogP contribution in [0.5, 0.6) is 0 Å². The Morgan fingerprint density at radius 3 is 2.50 bits per heavy atom. The van der Waals surface area contributed by atoms with Crippen molar-refractivity contribution in [1.82, 2.24) is 4.31 Å². The van der Waals surface area contributed by atoms with Crippen molar-refractivity contribution in [3.63, 3.8) is 0 Å². The fourth-order valence-corrected chi connectivity index (χ4v) is 3.95. The average molecular weight is 297 g/mol. The van der Waals surface area contributed by atoms with E-state index in [1.54, 1.807) is 7.05 Å². The van der Waals surface area contributed by atoms with Gasteiger partial charge in [-0.25, -0.2) is 8.42 Å². The standard InChI is InChI=1S/C15H23NO3S/c1-16(20(18,19)12-10-13-7-8-13)15(9-11-17)14-5-3-2-4-6-14/h2-6,13,15,17H,7-12H2,1H3. The van der Waals surface area contributed by atoms with Crippen molar-refractivity contribution in [2.45, 2.75) is 31.7 Å². The minimum absolute atomic E-state index is 0.0257. The third kappa shape index (κ3) is 4.04. The highest BCUT2D eigenvalue weighted by atomic mass is 32.2. The highest BCUT2D eigenvalue weighted by Crippen LogP contribution is 2.34. The molecular formula is C15H23NO3S. The minimum Gasteiger partial charge on any atom is -0.396 e. The molecule has 0 saturated heterocycles. The van der Waals surface area contributed by atoms with Crippen LogP contribution in [0.4, 0.5) is 0 Å². The summed E-state index contributed by atoms with van der Waals surface area (Å²) in [5.41, 5.74) is 0.930. The fourth-order valence-electron chi connectivity index (χ4n) is 2.42. The van der Waals surface area contributed by atoms with Crippen LogP contribution in [0.15, 0.2) is 30.3 Å². The van der Waals surface area contributed by atoms with E-state index < -0.39 is 10.0 Å². The van der Waals surface area contributed by atoms with Gasteiger partial charge in [0.2, 0.25) is 10.0 Å². The third-order valence-electron chi connectivity index (χ3n) is 3.95. The molecule has 4 nitrogen and oxygen atoms in total. The van der Waals surface area contributed by atoms with E-state index in [2.05, 4.69) is 0 Å². The van der Waals surface area contributed by atoms with Crippen molar-refractivity contribution in [3.8, 4) is 0 Å². The maximum atomic E-state index is 12.4. The topological polar surface area (TPSA) is 57.6 Å². The molecule has 0 heterocycles. The molecule has 112 valence electrons. The summed E-state index contributed by atoms with van der Waals surface area (Å²) < 4.78 is 26.2.